The van der Waals surface area contributed by atoms with Crippen LogP contribution in [-0.4, -0.2) is 61.9 Å². The maximum atomic E-state index is 13.1. The van der Waals surface area contributed by atoms with Gasteiger partial charge in [-0.1, -0.05) is 55.6 Å². The summed E-state index contributed by atoms with van der Waals surface area (Å²) < 4.78 is 2.14. The van der Waals surface area contributed by atoms with E-state index in [2.05, 4.69) is 43.6 Å². The Morgan fingerprint density at radius 1 is 1.03 bits per heavy atom. The number of thioether (sulfide) groups is 1. The molecule has 168 valence electrons. The zero-order chi connectivity index (χ0) is 21.5. The third-order valence-corrected chi connectivity index (χ3v) is 7.44. The van der Waals surface area contributed by atoms with Gasteiger partial charge in [0.2, 0.25) is 5.91 Å². The number of aromatic nitrogens is 3. The highest BCUT2D eigenvalue weighted by Crippen LogP contribution is 2.26. The second-order valence-corrected chi connectivity index (χ2v) is 9.61. The van der Waals surface area contributed by atoms with E-state index in [0.29, 0.717) is 11.8 Å². The summed E-state index contributed by atoms with van der Waals surface area (Å²) in [6.07, 6.45) is 9.90. The van der Waals surface area contributed by atoms with Gasteiger partial charge in [0.25, 0.3) is 0 Å². The van der Waals surface area contributed by atoms with Gasteiger partial charge in [-0.15, -0.1) is 10.2 Å². The number of amides is 1. The minimum atomic E-state index is 0.222. The maximum Gasteiger partial charge on any atom is 0.233 e. The van der Waals surface area contributed by atoms with Gasteiger partial charge < -0.3 is 4.90 Å². The number of nitrogens with zero attached hydrogens (tertiary/aromatic N) is 5. The van der Waals surface area contributed by atoms with E-state index in [0.717, 1.165) is 55.7 Å². The molecule has 1 saturated heterocycles. The number of para-hydroxylation sites is 1. The van der Waals surface area contributed by atoms with Crippen molar-refractivity contribution in [1.82, 2.24) is 24.6 Å². The molecule has 1 aliphatic heterocycles. The first-order chi connectivity index (χ1) is 15.3. The fraction of sp³-hybridized carbons (Fsp3) is 0.625. The van der Waals surface area contributed by atoms with E-state index in [1.54, 1.807) is 0 Å². The first-order valence-electron chi connectivity index (χ1n) is 11.9. The molecule has 0 atom stereocenters. The molecule has 1 aliphatic carbocycles. The molecule has 2 aromatic rings. The van der Waals surface area contributed by atoms with Gasteiger partial charge in [-0.25, -0.2) is 0 Å². The number of rotatable bonds is 8. The van der Waals surface area contributed by atoms with Crippen LogP contribution < -0.4 is 0 Å². The largest absolute Gasteiger partial charge is 0.339 e. The van der Waals surface area contributed by atoms with E-state index < -0.39 is 0 Å². The highest BCUT2D eigenvalue weighted by atomic mass is 32.2. The molecular formula is C24H35N5OS. The zero-order valence-electron chi connectivity index (χ0n) is 18.7. The quantitative estimate of drug-likeness (QED) is 0.564. The van der Waals surface area contributed by atoms with Crippen LogP contribution >= 0.6 is 11.8 Å². The van der Waals surface area contributed by atoms with Gasteiger partial charge in [-0.2, -0.15) is 0 Å². The molecular weight excluding hydrogens is 406 g/mol. The summed E-state index contributed by atoms with van der Waals surface area (Å²) in [5, 5.41) is 9.86. The Balaban J connectivity index is 1.48. The molecule has 0 bridgehead atoms. The van der Waals surface area contributed by atoms with E-state index in [4.69, 9.17) is 0 Å². The third-order valence-electron chi connectivity index (χ3n) is 6.53. The topological polar surface area (TPSA) is 54.3 Å². The normalized spacial score (nSPS) is 18.2. The van der Waals surface area contributed by atoms with Crippen LogP contribution in [0.4, 0.5) is 0 Å². The fourth-order valence-electron chi connectivity index (χ4n) is 4.89. The molecule has 4 rings (SSSR count). The standard InChI is InChI=1S/C24H35N5OS/c1-2-28(20-12-6-3-7-13-20)23(30)19-31-24-26-25-22(18-27-16-10-5-11-17-27)29(24)21-14-8-4-9-15-21/h4,8-9,14-15,20H,2-3,5-7,10-13,16-19H2,1H3. The summed E-state index contributed by atoms with van der Waals surface area (Å²) in [5.74, 6) is 1.60. The number of carbonyl (C=O) groups excluding carboxylic acids is 1. The van der Waals surface area contributed by atoms with Crippen molar-refractivity contribution in [3.05, 3.63) is 36.2 Å². The van der Waals surface area contributed by atoms with E-state index in [-0.39, 0.29) is 5.91 Å². The number of piperidine rings is 1. The van der Waals surface area contributed by atoms with Gasteiger partial charge in [0.15, 0.2) is 11.0 Å². The van der Waals surface area contributed by atoms with Crippen LogP contribution in [0.25, 0.3) is 5.69 Å². The predicted molar refractivity (Wildman–Crippen MR) is 125 cm³/mol. The molecule has 0 N–H and O–H groups in total. The molecule has 1 aromatic carbocycles. The van der Waals surface area contributed by atoms with Crippen LogP contribution in [0.5, 0.6) is 0 Å². The molecule has 31 heavy (non-hydrogen) atoms. The molecule has 1 amide bonds. The number of hydrogen-bond acceptors (Lipinski definition) is 5. The van der Waals surface area contributed by atoms with Gasteiger partial charge in [0.1, 0.15) is 0 Å². The molecule has 2 fully saturated rings. The predicted octanol–water partition coefficient (Wildman–Crippen LogP) is 4.53. The highest BCUT2D eigenvalue weighted by molar-refractivity contribution is 7.99. The summed E-state index contributed by atoms with van der Waals surface area (Å²) in [6, 6.07) is 10.7. The van der Waals surface area contributed by atoms with Gasteiger partial charge in [0, 0.05) is 18.3 Å². The second kappa shape index (κ2) is 11.1. The summed E-state index contributed by atoms with van der Waals surface area (Å²) >= 11 is 1.52. The van der Waals surface area contributed by atoms with Crippen molar-refractivity contribution in [2.75, 3.05) is 25.4 Å². The fourth-order valence-corrected chi connectivity index (χ4v) is 5.75. The van der Waals surface area contributed by atoms with Crippen LogP contribution in [0, 0.1) is 0 Å². The van der Waals surface area contributed by atoms with Gasteiger partial charge in [0.05, 0.1) is 12.3 Å². The van der Waals surface area contributed by atoms with Crippen molar-refractivity contribution in [3.63, 3.8) is 0 Å². The van der Waals surface area contributed by atoms with E-state index >= 15 is 0 Å². The van der Waals surface area contributed by atoms with Crippen LogP contribution in [0.2, 0.25) is 0 Å². The first kappa shape index (κ1) is 22.3. The zero-order valence-corrected chi connectivity index (χ0v) is 19.5. The van der Waals surface area contributed by atoms with Gasteiger partial charge in [-0.3, -0.25) is 14.3 Å². The average Bonchev–Trinajstić information content (AvgIpc) is 3.22. The molecule has 0 spiro atoms. The van der Waals surface area contributed by atoms with Crippen LogP contribution in [0.3, 0.4) is 0 Å². The summed E-state index contributed by atoms with van der Waals surface area (Å²) in [7, 11) is 0. The monoisotopic (exact) mass is 441 g/mol. The summed E-state index contributed by atoms with van der Waals surface area (Å²) in [6.45, 7) is 5.93. The Bertz CT molecular complexity index is 828. The maximum absolute atomic E-state index is 13.1. The van der Waals surface area contributed by atoms with E-state index in [1.807, 2.05) is 18.2 Å². The third kappa shape index (κ3) is 5.69. The minimum absolute atomic E-state index is 0.222. The van der Waals surface area contributed by atoms with Crippen LogP contribution in [-0.2, 0) is 11.3 Å². The van der Waals surface area contributed by atoms with E-state index in [9.17, 15) is 4.79 Å². The Morgan fingerprint density at radius 3 is 2.45 bits per heavy atom. The number of carbonyl (C=O) groups is 1. The lowest BCUT2D eigenvalue weighted by Gasteiger charge is -2.33. The Labute approximate surface area is 190 Å². The van der Waals surface area contributed by atoms with Gasteiger partial charge >= 0.3 is 0 Å². The Hall–Kier alpha value is -1.86. The lowest BCUT2D eigenvalue weighted by Crippen LogP contribution is -2.42. The van der Waals surface area contributed by atoms with Crippen molar-refractivity contribution >= 4 is 17.7 Å². The molecule has 0 radical (unpaired) electrons. The average molecular weight is 442 g/mol. The highest BCUT2D eigenvalue weighted by Gasteiger charge is 2.25. The van der Waals surface area contributed by atoms with Crippen molar-refractivity contribution in [2.45, 2.75) is 76.0 Å². The van der Waals surface area contributed by atoms with Crippen molar-refractivity contribution in [3.8, 4) is 5.69 Å². The van der Waals surface area contributed by atoms with Crippen molar-refractivity contribution in [1.29, 1.82) is 0 Å². The first-order valence-corrected chi connectivity index (χ1v) is 12.9. The molecule has 7 heteroatoms. The van der Waals surface area contributed by atoms with Gasteiger partial charge in [-0.05, 0) is 57.8 Å². The van der Waals surface area contributed by atoms with Crippen LogP contribution in [0.1, 0.15) is 64.1 Å². The number of likely N-dealkylation sites (tertiary alicyclic amines) is 1. The lowest BCUT2D eigenvalue weighted by atomic mass is 9.94. The molecule has 2 aliphatic rings. The molecule has 1 aromatic heterocycles. The second-order valence-electron chi connectivity index (χ2n) is 8.67. The molecule has 1 saturated carbocycles. The Morgan fingerprint density at radius 2 is 1.74 bits per heavy atom. The minimum Gasteiger partial charge on any atom is -0.339 e. The van der Waals surface area contributed by atoms with Crippen molar-refractivity contribution in [2.24, 2.45) is 0 Å². The number of benzene rings is 1. The molecule has 0 unspecified atom stereocenters. The Kier molecular flexibility index (Phi) is 8.03. The van der Waals surface area contributed by atoms with Crippen LogP contribution in [0.15, 0.2) is 35.5 Å². The smallest absolute Gasteiger partial charge is 0.233 e. The summed E-state index contributed by atoms with van der Waals surface area (Å²) in [5.41, 5.74) is 1.06. The summed E-state index contributed by atoms with van der Waals surface area (Å²) in [4.78, 5) is 17.6. The number of hydrogen-bond donors (Lipinski definition) is 0. The van der Waals surface area contributed by atoms with Crippen molar-refractivity contribution < 1.29 is 4.79 Å². The lowest BCUT2D eigenvalue weighted by molar-refractivity contribution is -0.131. The van der Waals surface area contributed by atoms with E-state index in [1.165, 1.54) is 50.3 Å². The SMILES string of the molecule is CCN(C(=O)CSc1nnc(CN2CCCCC2)n1-c1ccccc1)C1CCCCC1. The molecule has 2 heterocycles. The molecule has 6 nitrogen and oxygen atoms in total.